The third kappa shape index (κ3) is 6.68. The Morgan fingerprint density at radius 2 is 1.77 bits per heavy atom. The maximum absolute atomic E-state index is 12.5. The molecule has 2 rings (SSSR count). The highest BCUT2D eigenvalue weighted by atomic mass is 16.5. The summed E-state index contributed by atoms with van der Waals surface area (Å²) >= 11 is 0. The van der Waals surface area contributed by atoms with Gasteiger partial charge in [-0.05, 0) is 44.1 Å². The molecule has 1 heterocycles. The van der Waals surface area contributed by atoms with Crippen LogP contribution in [0.2, 0.25) is 0 Å². The molecule has 1 atom stereocenters. The van der Waals surface area contributed by atoms with Crippen molar-refractivity contribution in [3.63, 3.8) is 0 Å². The van der Waals surface area contributed by atoms with E-state index in [0.717, 1.165) is 44.1 Å². The van der Waals surface area contributed by atoms with Crippen molar-refractivity contribution in [2.45, 2.75) is 72.8 Å². The Balaban J connectivity index is 1.79. The van der Waals surface area contributed by atoms with E-state index in [1.54, 1.807) is 10.8 Å². The predicted molar refractivity (Wildman–Crippen MR) is 124 cm³/mol. The lowest BCUT2D eigenvalue weighted by atomic mass is 9.75. The van der Waals surface area contributed by atoms with E-state index in [9.17, 15) is 14.4 Å². The number of aryl methyl sites for hydroxylation is 1. The molecule has 0 spiro atoms. The van der Waals surface area contributed by atoms with Crippen molar-refractivity contribution in [1.82, 2.24) is 9.55 Å². The topological polar surface area (TPSA) is 81.2 Å². The van der Waals surface area contributed by atoms with Gasteiger partial charge in [0.05, 0.1) is 17.6 Å². The number of benzene rings is 1. The first-order valence-corrected chi connectivity index (χ1v) is 11.4. The van der Waals surface area contributed by atoms with Crippen LogP contribution >= 0.6 is 0 Å². The number of esters is 1. The molecular weight excluding hydrogens is 392 g/mol. The second-order valence-corrected chi connectivity index (χ2v) is 8.73. The van der Waals surface area contributed by atoms with Gasteiger partial charge in [0.25, 0.3) is 5.56 Å². The zero-order valence-electron chi connectivity index (χ0n) is 19.3. The molecule has 0 amide bonds. The molecule has 0 radical (unpaired) electrons. The molecule has 31 heavy (non-hydrogen) atoms. The molecule has 0 fully saturated rings. The zero-order chi connectivity index (χ0) is 22.9. The van der Waals surface area contributed by atoms with E-state index in [1.807, 2.05) is 37.3 Å². The molecule has 0 bridgehead atoms. The summed E-state index contributed by atoms with van der Waals surface area (Å²) < 4.78 is 7.11. The van der Waals surface area contributed by atoms with E-state index in [2.05, 4.69) is 25.8 Å². The normalized spacial score (nSPS) is 13.2. The number of aromatic amines is 1. The molecule has 0 aliphatic carbocycles. The second-order valence-electron chi connectivity index (χ2n) is 8.73. The minimum Gasteiger partial charge on any atom is -0.465 e. The van der Waals surface area contributed by atoms with Crippen molar-refractivity contribution in [3.05, 3.63) is 57.4 Å². The maximum atomic E-state index is 12.5. The Labute approximate surface area is 184 Å². The molecule has 170 valence electrons. The van der Waals surface area contributed by atoms with E-state index >= 15 is 0 Å². The smallest absolute Gasteiger partial charge is 0.328 e. The van der Waals surface area contributed by atoms with Gasteiger partial charge in [-0.15, -0.1) is 0 Å². The van der Waals surface area contributed by atoms with Crippen LogP contribution < -0.4 is 11.2 Å². The molecule has 2 aromatic rings. The lowest BCUT2D eigenvalue weighted by Gasteiger charge is -2.31. The number of hydrogen-bond acceptors (Lipinski definition) is 4. The van der Waals surface area contributed by atoms with E-state index in [-0.39, 0.29) is 23.1 Å². The van der Waals surface area contributed by atoms with Crippen LogP contribution in [0.1, 0.15) is 66.2 Å². The van der Waals surface area contributed by atoms with Gasteiger partial charge in [-0.1, -0.05) is 63.9 Å². The highest BCUT2D eigenvalue weighted by Crippen LogP contribution is 2.33. The number of rotatable bonds is 12. The molecule has 0 aliphatic heterocycles. The Kier molecular flexibility index (Phi) is 9.28. The summed E-state index contributed by atoms with van der Waals surface area (Å²) in [4.78, 5) is 39.2. The van der Waals surface area contributed by atoms with E-state index in [0.29, 0.717) is 18.7 Å². The van der Waals surface area contributed by atoms with Crippen LogP contribution in [0.15, 0.2) is 46.1 Å². The third-order valence-corrected chi connectivity index (χ3v) is 6.13. The van der Waals surface area contributed by atoms with Crippen molar-refractivity contribution in [2.75, 3.05) is 6.61 Å². The number of H-pyrrole nitrogens is 1. The number of carbonyl (C=O) groups is 1. The summed E-state index contributed by atoms with van der Waals surface area (Å²) in [5.74, 6) is 0.147. The van der Waals surface area contributed by atoms with Gasteiger partial charge in [0.2, 0.25) is 0 Å². The summed E-state index contributed by atoms with van der Waals surface area (Å²) in [7, 11) is 0. The first kappa shape index (κ1) is 24.6. The monoisotopic (exact) mass is 428 g/mol. The summed E-state index contributed by atoms with van der Waals surface area (Å²) in [6.07, 6.45) is 6.89. The first-order chi connectivity index (χ1) is 14.8. The lowest BCUT2D eigenvalue weighted by molar-refractivity contribution is -0.158. The van der Waals surface area contributed by atoms with Crippen LogP contribution in [0, 0.1) is 11.3 Å². The first-order valence-electron chi connectivity index (χ1n) is 11.4. The highest BCUT2D eigenvalue weighted by molar-refractivity contribution is 5.76. The van der Waals surface area contributed by atoms with Gasteiger partial charge in [-0.2, -0.15) is 0 Å². The molecule has 1 aromatic heterocycles. The Morgan fingerprint density at radius 1 is 1.10 bits per heavy atom. The Morgan fingerprint density at radius 3 is 2.42 bits per heavy atom. The fraction of sp³-hybridized carbons (Fsp3) is 0.560. The molecule has 1 unspecified atom stereocenters. The average Bonchev–Trinajstić information content (AvgIpc) is 2.74. The van der Waals surface area contributed by atoms with Crippen LogP contribution in [0.4, 0.5) is 0 Å². The molecule has 1 aromatic carbocycles. The van der Waals surface area contributed by atoms with Crippen LogP contribution in [0.25, 0.3) is 11.1 Å². The third-order valence-electron chi connectivity index (χ3n) is 6.13. The second kappa shape index (κ2) is 11.7. The van der Waals surface area contributed by atoms with Crippen LogP contribution in [0.5, 0.6) is 0 Å². The van der Waals surface area contributed by atoms with Gasteiger partial charge < -0.3 is 4.74 Å². The molecular formula is C25H36N2O4. The van der Waals surface area contributed by atoms with Crippen molar-refractivity contribution < 1.29 is 9.53 Å². The van der Waals surface area contributed by atoms with E-state index in [1.165, 1.54) is 0 Å². The fourth-order valence-electron chi connectivity index (χ4n) is 3.71. The highest BCUT2D eigenvalue weighted by Gasteiger charge is 2.37. The standard InChI is InChI=1S/C25H36N2O4/c1-5-15-25(4,19(2)3)23(29)31-17-12-7-6-11-16-27-18-21(22(28)26-24(27)30)20-13-9-8-10-14-20/h8-10,13-14,18-19H,5-7,11-12,15-17H2,1-4H3,(H,26,28,30). The van der Waals surface area contributed by atoms with Crippen molar-refractivity contribution in [3.8, 4) is 11.1 Å². The van der Waals surface area contributed by atoms with E-state index in [4.69, 9.17) is 4.74 Å². The van der Waals surface area contributed by atoms with Gasteiger partial charge in [0.15, 0.2) is 0 Å². The zero-order valence-corrected chi connectivity index (χ0v) is 19.3. The summed E-state index contributed by atoms with van der Waals surface area (Å²) in [6, 6.07) is 9.32. The maximum Gasteiger partial charge on any atom is 0.328 e. The van der Waals surface area contributed by atoms with Crippen molar-refractivity contribution in [1.29, 1.82) is 0 Å². The number of unbranched alkanes of at least 4 members (excludes halogenated alkanes) is 3. The average molecular weight is 429 g/mol. The summed E-state index contributed by atoms with van der Waals surface area (Å²) in [6.45, 7) is 9.19. The molecule has 0 saturated carbocycles. The lowest BCUT2D eigenvalue weighted by Crippen LogP contribution is -2.35. The quantitative estimate of drug-likeness (QED) is 0.390. The number of nitrogens with one attached hydrogen (secondary N) is 1. The fourth-order valence-corrected chi connectivity index (χ4v) is 3.71. The summed E-state index contributed by atoms with van der Waals surface area (Å²) in [5.41, 5.74) is 0.104. The number of aromatic nitrogens is 2. The van der Waals surface area contributed by atoms with Crippen molar-refractivity contribution in [2.24, 2.45) is 11.3 Å². The molecule has 1 N–H and O–H groups in total. The van der Waals surface area contributed by atoms with Gasteiger partial charge in [0, 0.05) is 12.7 Å². The van der Waals surface area contributed by atoms with E-state index < -0.39 is 5.41 Å². The Hall–Kier alpha value is -2.63. The van der Waals surface area contributed by atoms with Crippen LogP contribution in [-0.4, -0.2) is 22.1 Å². The van der Waals surface area contributed by atoms with Gasteiger partial charge in [0.1, 0.15) is 0 Å². The predicted octanol–water partition coefficient (Wildman–Crippen LogP) is 4.77. The van der Waals surface area contributed by atoms with Gasteiger partial charge >= 0.3 is 11.7 Å². The van der Waals surface area contributed by atoms with Crippen LogP contribution in [0.3, 0.4) is 0 Å². The number of carbonyl (C=O) groups excluding carboxylic acids is 1. The number of nitrogens with zero attached hydrogens (tertiary/aromatic N) is 1. The minimum absolute atomic E-state index is 0.0995. The SMILES string of the molecule is CCCC(C)(C(=O)OCCCCCCn1cc(-c2ccccc2)c(=O)[nH]c1=O)C(C)C. The largest absolute Gasteiger partial charge is 0.465 e. The molecule has 0 aliphatic rings. The van der Waals surface area contributed by atoms with Gasteiger partial charge in [-0.3, -0.25) is 19.1 Å². The Bertz CT molecular complexity index is 946. The molecule has 6 nitrogen and oxygen atoms in total. The minimum atomic E-state index is -0.420. The summed E-state index contributed by atoms with van der Waals surface area (Å²) in [5, 5.41) is 0. The molecule has 0 saturated heterocycles. The number of ether oxygens (including phenoxy) is 1. The van der Waals surface area contributed by atoms with Gasteiger partial charge in [-0.25, -0.2) is 4.79 Å². The van der Waals surface area contributed by atoms with Crippen LogP contribution in [-0.2, 0) is 16.1 Å². The number of hydrogen-bond donors (Lipinski definition) is 1. The van der Waals surface area contributed by atoms with Crippen molar-refractivity contribution >= 4 is 5.97 Å². The molecule has 6 heteroatoms.